The van der Waals surface area contributed by atoms with E-state index in [2.05, 4.69) is 25.3 Å². The molecule has 0 saturated heterocycles. The van der Waals surface area contributed by atoms with Gasteiger partial charge in [0.05, 0.1) is 24.2 Å². The van der Waals surface area contributed by atoms with Gasteiger partial charge < -0.3 is 20.5 Å². The van der Waals surface area contributed by atoms with Crippen molar-refractivity contribution < 1.29 is 35.8 Å². The molecular weight excluding hydrogens is 458 g/mol. The molecule has 0 radical (unpaired) electrons. The van der Waals surface area contributed by atoms with Gasteiger partial charge in [0.25, 0.3) is 0 Å². The number of aromatic nitrogens is 4. The number of nitrogens with two attached hydrogens (primary N) is 1. The summed E-state index contributed by atoms with van der Waals surface area (Å²) in [7, 11) is 1.37. The van der Waals surface area contributed by atoms with Crippen LogP contribution in [0.25, 0.3) is 10.9 Å². The molecule has 2 aromatic heterocycles. The summed E-state index contributed by atoms with van der Waals surface area (Å²) in [6, 6.07) is 2.52. The average molecular weight is 476 g/mol. The molecule has 0 atom stereocenters. The molecule has 1 aromatic carbocycles. The highest BCUT2D eigenvalue weighted by Crippen LogP contribution is 2.39. The zero-order chi connectivity index (χ0) is 24.4. The van der Waals surface area contributed by atoms with Crippen molar-refractivity contribution in [2.45, 2.75) is 25.8 Å². The van der Waals surface area contributed by atoms with Crippen molar-refractivity contribution in [3.05, 3.63) is 41.1 Å². The number of hydrogen-bond donors (Lipinski definition) is 2. The van der Waals surface area contributed by atoms with Gasteiger partial charge in [0.15, 0.2) is 0 Å². The minimum absolute atomic E-state index is 0.0408. The van der Waals surface area contributed by atoms with Crippen LogP contribution in [-0.2, 0) is 23.6 Å². The number of benzene rings is 1. The lowest BCUT2D eigenvalue weighted by Crippen LogP contribution is -2.15. The van der Waals surface area contributed by atoms with Gasteiger partial charge in [0.1, 0.15) is 41.3 Å². The van der Waals surface area contributed by atoms with Gasteiger partial charge in [-0.25, -0.2) is 19.9 Å². The molecule has 3 rings (SSSR count). The number of halogens is 6. The molecule has 0 amide bonds. The van der Waals surface area contributed by atoms with Gasteiger partial charge in [0, 0.05) is 18.6 Å². The van der Waals surface area contributed by atoms with Crippen LogP contribution in [0.3, 0.4) is 0 Å². The normalized spacial score (nSPS) is 12.2. The second-order valence-electron chi connectivity index (χ2n) is 6.77. The third kappa shape index (κ3) is 5.88. The zero-order valence-electron chi connectivity index (χ0n) is 17.3. The highest BCUT2D eigenvalue weighted by molar-refractivity contribution is 5.91. The number of nitrogens with zero attached hydrogens (tertiary/aromatic N) is 4. The lowest BCUT2D eigenvalue weighted by molar-refractivity contribution is -0.141. The summed E-state index contributed by atoms with van der Waals surface area (Å²) < 4.78 is 89.6. The van der Waals surface area contributed by atoms with Crippen LogP contribution in [0.15, 0.2) is 18.2 Å². The van der Waals surface area contributed by atoms with Crippen molar-refractivity contribution in [2.24, 2.45) is 0 Å². The summed E-state index contributed by atoms with van der Waals surface area (Å²) in [6.07, 6.45) is -9.45. The van der Waals surface area contributed by atoms with Gasteiger partial charge in [-0.05, 0) is 19.1 Å². The number of hydrogen-bond acceptors (Lipinski definition) is 8. The molecule has 14 heteroatoms. The quantitative estimate of drug-likeness (QED) is 0.390. The highest BCUT2D eigenvalue weighted by Gasteiger charge is 2.36. The van der Waals surface area contributed by atoms with Crippen LogP contribution in [-0.4, -0.2) is 40.3 Å². The van der Waals surface area contributed by atoms with Crippen molar-refractivity contribution in [1.29, 1.82) is 0 Å². The third-order valence-electron chi connectivity index (χ3n) is 4.26. The largest absolute Gasteiger partial charge is 0.491 e. The lowest BCUT2D eigenvalue weighted by Gasteiger charge is -2.17. The van der Waals surface area contributed by atoms with Gasteiger partial charge in [-0.1, -0.05) is 0 Å². The predicted molar refractivity (Wildman–Crippen MR) is 105 cm³/mol. The fourth-order valence-electron chi connectivity index (χ4n) is 2.89. The molecule has 3 N–H and O–H groups in total. The number of alkyl halides is 6. The van der Waals surface area contributed by atoms with Gasteiger partial charge in [-0.2, -0.15) is 26.3 Å². The van der Waals surface area contributed by atoms with Crippen LogP contribution >= 0.6 is 0 Å². The summed E-state index contributed by atoms with van der Waals surface area (Å²) in [5.41, 5.74) is 3.14. The van der Waals surface area contributed by atoms with Crippen LogP contribution in [0.2, 0.25) is 0 Å². The fraction of sp³-hybridized carbons (Fsp3) is 0.368. The van der Waals surface area contributed by atoms with E-state index in [1.54, 1.807) is 0 Å². The zero-order valence-corrected chi connectivity index (χ0v) is 17.3. The van der Waals surface area contributed by atoms with E-state index < -0.39 is 29.4 Å². The minimum atomic E-state index is -4.73. The SMILES string of the molecule is COCCOc1cc2c(NCc3nc(N)cc(C(F)(F)F)n3)nc(C)nc2cc1C(F)(F)F. The molecule has 0 bridgehead atoms. The Labute approximate surface area is 183 Å². The molecule has 0 aliphatic rings. The third-order valence-corrected chi connectivity index (χ3v) is 4.26. The van der Waals surface area contributed by atoms with Crippen LogP contribution in [0, 0.1) is 6.92 Å². The molecule has 0 aliphatic heterocycles. The Bertz CT molecular complexity index is 1150. The van der Waals surface area contributed by atoms with E-state index in [1.807, 2.05) is 0 Å². The van der Waals surface area contributed by atoms with Gasteiger partial charge in [-0.15, -0.1) is 0 Å². The molecule has 0 aliphatic carbocycles. The number of nitrogens with one attached hydrogen (secondary N) is 1. The smallest absolute Gasteiger partial charge is 0.433 e. The maximum Gasteiger partial charge on any atom is 0.433 e. The summed E-state index contributed by atoms with van der Waals surface area (Å²) in [5, 5.41) is 2.90. The van der Waals surface area contributed by atoms with Crippen molar-refractivity contribution in [3.8, 4) is 5.75 Å². The van der Waals surface area contributed by atoms with E-state index in [0.717, 1.165) is 12.1 Å². The van der Waals surface area contributed by atoms with E-state index in [0.29, 0.717) is 6.07 Å². The number of nitrogen functional groups attached to an aromatic ring is 1. The van der Waals surface area contributed by atoms with E-state index >= 15 is 0 Å². The molecular formula is C19H18F6N6O2. The maximum absolute atomic E-state index is 13.5. The van der Waals surface area contributed by atoms with E-state index in [9.17, 15) is 26.3 Å². The van der Waals surface area contributed by atoms with Crippen LogP contribution in [0.4, 0.5) is 38.0 Å². The number of anilines is 2. The molecule has 8 nitrogen and oxygen atoms in total. The van der Waals surface area contributed by atoms with Crippen LogP contribution in [0.5, 0.6) is 5.75 Å². The van der Waals surface area contributed by atoms with E-state index in [1.165, 1.54) is 14.0 Å². The molecule has 0 unspecified atom stereocenters. The Morgan fingerprint density at radius 3 is 2.30 bits per heavy atom. The summed E-state index contributed by atoms with van der Waals surface area (Å²) in [6.45, 7) is 1.04. The second-order valence-corrected chi connectivity index (χ2v) is 6.77. The van der Waals surface area contributed by atoms with Gasteiger partial charge >= 0.3 is 12.4 Å². The fourth-order valence-corrected chi connectivity index (χ4v) is 2.89. The topological polar surface area (TPSA) is 108 Å². The van der Waals surface area contributed by atoms with Gasteiger partial charge in [0.2, 0.25) is 0 Å². The summed E-state index contributed by atoms with van der Waals surface area (Å²) in [5.74, 6) is -0.947. The Hall–Kier alpha value is -3.42. The maximum atomic E-state index is 13.5. The molecule has 2 heterocycles. The standard InChI is InChI=1S/C19H18F6N6O2/c1-9-28-12-6-11(18(20,21)22)13(33-4-3-32-2)5-10(12)17(29-9)27-8-16-30-14(19(23,24)25)7-15(26)31-16/h5-7H,3-4,8H2,1-2H3,(H2,26,30,31)(H,27,28,29). The van der Waals surface area contributed by atoms with Crippen LogP contribution < -0.4 is 15.8 Å². The molecule has 33 heavy (non-hydrogen) atoms. The lowest BCUT2D eigenvalue weighted by atomic mass is 10.1. The predicted octanol–water partition coefficient (Wildman–Crippen LogP) is 3.99. The molecule has 0 saturated carbocycles. The average Bonchev–Trinajstić information content (AvgIpc) is 2.70. The van der Waals surface area contributed by atoms with Crippen molar-refractivity contribution in [1.82, 2.24) is 19.9 Å². The minimum Gasteiger partial charge on any atom is -0.491 e. The second kappa shape index (κ2) is 9.21. The Balaban J connectivity index is 2.01. The van der Waals surface area contributed by atoms with E-state index in [4.69, 9.17) is 15.2 Å². The van der Waals surface area contributed by atoms with Crippen molar-refractivity contribution in [3.63, 3.8) is 0 Å². The first-order valence-corrected chi connectivity index (χ1v) is 9.34. The first-order chi connectivity index (χ1) is 15.4. The first kappa shape index (κ1) is 24.2. The van der Waals surface area contributed by atoms with E-state index in [-0.39, 0.29) is 53.9 Å². The number of ether oxygens (including phenoxy) is 2. The molecule has 0 spiro atoms. The summed E-state index contributed by atoms with van der Waals surface area (Å²) >= 11 is 0. The monoisotopic (exact) mass is 476 g/mol. The molecule has 0 fully saturated rings. The number of fused-ring (bicyclic) bond motifs is 1. The Morgan fingerprint density at radius 1 is 0.939 bits per heavy atom. The van der Waals surface area contributed by atoms with Crippen molar-refractivity contribution >= 4 is 22.5 Å². The number of rotatable bonds is 7. The first-order valence-electron chi connectivity index (χ1n) is 9.34. The van der Waals surface area contributed by atoms with Gasteiger partial charge in [-0.3, -0.25) is 0 Å². The summed E-state index contributed by atoms with van der Waals surface area (Å²) in [4.78, 5) is 15.4. The highest BCUT2D eigenvalue weighted by atomic mass is 19.4. The molecule has 178 valence electrons. The number of aryl methyl sites for hydroxylation is 1. The molecule has 3 aromatic rings. The Morgan fingerprint density at radius 2 is 1.67 bits per heavy atom. The number of methoxy groups -OCH3 is 1. The van der Waals surface area contributed by atoms with Crippen molar-refractivity contribution in [2.75, 3.05) is 31.4 Å². The Kier molecular flexibility index (Phi) is 6.76. The van der Waals surface area contributed by atoms with Crippen LogP contribution in [0.1, 0.15) is 22.9 Å².